The van der Waals surface area contributed by atoms with Gasteiger partial charge in [-0.2, -0.15) is 0 Å². The number of para-hydroxylation sites is 1. The largest absolute Gasteiger partial charge is 0.486 e. The summed E-state index contributed by atoms with van der Waals surface area (Å²) >= 11 is 3.56. The van der Waals surface area contributed by atoms with E-state index in [1.807, 2.05) is 6.07 Å². The molecule has 1 heterocycles. The summed E-state index contributed by atoms with van der Waals surface area (Å²) in [5.41, 5.74) is 1.15. The summed E-state index contributed by atoms with van der Waals surface area (Å²) in [6.07, 6.45) is 1.00. The molecule has 1 N–H and O–H groups in total. The van der Waals surface area contributed by atoms with Gasteiger partial charge in [0.15, 0.2) is 0 Å². The van der Waals surface area contributed by atoms with Crippen molar-refractivity contribution in [2.45, 2.75) is 38.8 Å². The topological polar surface area (TPSA) is 21.3 Å². The minimum atomic E-state index is -0.107. The molecule has 1 aromatic rings. The molecule has 0 aliphatic carbocycles. The van der Waals surface area contributed by atoms with Crippen molar-refractivity contribution >= 4 is 15.9 Å². The third-order valence-electron chi connectivity index (χ3n) is 2.90. The lowest BCUT2D eigenvalue weighted by Gasteiger charge is -2.38. The van der Waals surface area contributed by atoms with Gasteiger partial charge in [-0.15, -0.1) is 0 Å². The van der Waals surface area contributed by atoms with E-state index < -0.39 is 0 Å². The first-order valence-corrected chi connectivity index (χ1v) is 6.53. The van der Waals surface area contributed by atoms with Crippen LogP contribution in [0.3, 0.4) is 0 Å². The fourth-order valence-corrected chi connectivity index (χ4v) is 2.72. The highest BCUT2D eigenvalue weighted by Gasteiger charge is 2.34. The summed E-state index contributed by atoms with van der Waals surface area (Å²) in [6, 6.07) is 6.63. The molecule has 1 atom stereocenters. The van der Waals surface area contributed by atoms with Gasteiger partial charge >= 0.3 is 0 Å². The Balaban J connectivity index is 2.42. The third kappa shape index (κ3) is 2.25. The van der Waals surface area contributed by atoms with E-state index in [0.29, 0.717) is 6.04 Å². The Labute approximate surface area is 106 Å². The van der Waals surface area contributed by atoms with Crippen molar-refractivity contribution < 1.29 is 4.74 Å². The first-order chi connectivity index (χ1) is 7.53. The van der Waals surface area contributed by atoms with Gasteiger partial charge in [0.1, 0.15) is 11.4 Å². The van der Waals surface area contributed by atoms with E-state index in [1.165, 1.54) is 5.56 Å². The van der Waals surface area contributed by atoms with E-state index in [0.717, 1.165) is 23.2 Å². The van der Waals surface area contributed by atoms with Gasteiger partial charge < -0.3 is 10.1 Å². The van der Waals surface area contributed by atoms with Crippen LogP contribution in [0.2, 0.25) is 0 Å². The molecule has 0 radical (unpaired) electrons. The number of hydrogen-bond acceptors (Lipinski definition) is 2. The summed E-state index contributed by atoms with van der Waals surface area (Å²) in [7, 11) is 0. The second kappa shape index (κ2) is 4.38. The fourth-order valence-electron chi connectivity index (χ4n) is 2.26. The van der Waals surface area contributed by atoms with Crippen LogP contribution in [0.4, 0.5) is 0 Å². The monoisotopic (exact) mass is 283 g/mol. The Morgan fingerprint density at radius 1 is 1.50 bits per heavy atom. The molecule has 3 heteroatoms. The van der Waals surface area contributed by atoms with Gasteiger partial charge in [0, 0.05) is 18.0 Å². The van der Waals surface area contributed by atoms with E-state index >= 15 is 0 Å². The molecule has 1 aliphatic rings. The number of halogens is 1. The summed E-state index contributed by atoms with van der Waals surface area (Å²) in [5.74, 6) is 0.990. The Morgan fingerprint density at radius 3 is 2.94 bits per heavy atom. The minimum Gasteiger partial charge on any atom is -0.486 e. The quantitative estimate of drug-likeness (QED) is 0.894. The first kappa shape index (κ1) is 11.9. The maximum Gasteiger partial charge on any atom is 0.139 e. The highest BCUT2D eigenvalue weighted by atomic mass is 79.9. The SMILES string of the molecule is CCNC1CC(C)(C)Oc2c(Br)cccc21. The molecular weight excluding hydrogens is 266 g/mol. The molecule has 0 saturated carbocycles. The van der Waals surface area contributed by atoms with Crippen molar-refractivity contribution in [3.05, 3.63) is 28.2 Å². The zero-order valence-corrected chi connectivity index (χ0v) is 11.6. The normalized spacial score (nSPS) is 22.4. The van der Waals surface area contributed by atoms with Crippen molar-refractivity contribution in [2.75, 3.05) is 6.54 Å². The lowest BCUT2D eigenvalue weighted by Crippen LogP contribution is -2.39. The zero-order chi connectivity index (χ0) is 11.8. The molecule has 16 heavy (non-hydrogen) atoms. The number of benzene rings is 1. The molecule has 0 bridgehead atoms. The summed E-state index contributed by atoms with van der Waals surface area (Å²) in [5, 5.41) is 3.52. The lowest BCUT2D eigenvalue weighted by molar-refractivity contribution is 0.0654. The van der Waals surface area contributed by atoms with Crippen LogP contribution in [0.15, 0.2) is 22.7 Å². The molecule has 0 amide bonds. The number of rotatable bonds is 2. The third-order valence-corrected chi connectivity index (χ3v) is 3.52. The number of fused-ring (bicyclic) bond motifs is 1. The van der Waals surface area contributed by atoms with E-state index in [4.69, 9.17) is 4.74 Å². The van der Waals surface area contributed by atoms with E-state index in [2.05, 4.69) is 54.2 Å². The van der Waals surface area contributed by atoms with Crippen LogP contribution < -0.4 is 10.1 Å². The number of nitrogens with one attached hydrogen (secondary N) is 1. The Kier molecular flexibility index (Phi) is 3.27. The second-order valence-corrected chi connectivity index (χ2v) is 5.69. The smallest absolute Gasteiger partial charge is 0.139 e. The average Bonchev–Trinajstić information content (AvgIpc) is 2.19. The lowest BCUT2D eigenvalue weighted by atomic mass is 9.90. The van der Waals surface area contributed by atoms with Crippen molar-refractivity contribution in [1.82, 2.24) is 5.32 Å². The van der Waals surface area contributed by atoms with Crippen LogP contribution in [-0.2, 0) is 0 Å². The average molecular weight is 284 g/mol. The van der Waals surface area contributed by atoms with Crippen molar-refractivity contribution in [3.8, 4) is 5.75 Å². The summed E-state index contributed by atoms with van der Waals surface area (Å²) in [6.45, 7) is 7.40. The van der Waals surface area contributed by atoms with Crippen LogP contribution in [-0.4, -0.2) is 12.1 Å². The Hall–Kier alpha value is -0.540. The molecule has 0 spiro atoms. The van der Waals surface area contributed by atoms with Crippen LogP contribution in [0.5, 0.6) is 5.75 Å². The molecule has 0 aromatic heterocycles. The summed E-state index contributed by atoms with van der Waals surface area (Å²) in [4.78, 5) is 0. The van der Waals surface area contributed by atoms with Gasteiger partial charge in [0.05, 0.1) is 4.47 Å². The van der Waals surface area contributed by atoms with Gasteiger partial charge in [0.25, 0.3) is 0 Å². The van der Waals surface area contributed by atoms with Crippen LogP contribution >= 0.6 is 15.9 Å². The number of ether oxygens (including phenoxy) is 1. The van der Waals surface area contributed by atoms with E-state index in [9.17, 15) is 0 Å². The van der Waals surface area contributed by atoms with Crippen LogP contribution in [0.25, 0.3) is 0 Å². The first-order valence-electron chi connectivity index (χ1n) is 5.74. The highest BCUT2D eigenvalue weighted by molar-refractivity contribution is 9.10. The molecule has 88 valence electrons. The predicted octanol–water partition coefficient (Wildman–Crippen LogP) is 3.66. The second-order valence-electron chi connectivity index (χ2n) is 4.83. The van der Waals surface area contributed by atoms with Gasteiger partial charge in [-0.1, -0.05) is 19.1 Å². The molecule has 1 aromatic carbocycles. The molecule has 0 fully saturated rings. The van der Waals surface area contributed by atoms with E-state index in [1.54, 1.807) is 0 Å². The van der Waals surface area contributed by atoms with Crippen molar-refractivity contribution in [2.24, 2.45) is 0 Å². The van der Waals surface area contributed by atoms with Gasteiger partial charge in [-0.3, -0.25) is 0 Å². The van der Waals surface area contributed by atoms with Crippen LogP contribution in [0, 0.1) is 0 Å². The predicted molar refractivity (Wildman–Crippen MR) is 69.9 cm³/mol. The number of hydrogen-bond donors (Lipinski definition) is 1. The van der Waals surface area contributed by atoms with Gasteiger partial charge in [-0.05, 0) is 42.4 Å². The zero-order valence-electron chi connectivity index (χ0n) is 10.0. The van der Waals surface area contributed by atoms with Gasteiger partial charge in [-0.25, -0.2) is 0 Å². The van der Waals surface area contributed by atoms with E-state index in [-0.39, 0.29) is 5.60 Å². The van der Waals surface area contributed by atoms with Crippen molar-refractivity contribution in [3.63, 3.8) is 0 Å². The standard InChI is InChI=1S/C13H18BrNO/c1-4-15-11-8-13(2,3)16-12-9(11)6-5-7-10(12)14/h5-7,11,15H,4,8H2,1-3H3. The maximum absolute atomic E-state index is 6.04. The fraction of sp³-hybridized carbons (Fsp3) is 0.538. The van der Waals surface area contributed by atoms with Crippen LogP contribution in [0.1, 0.15) is 38.8 Å². The molecule has 0 saturated heterocycles. The molecular formula is C13H18BrNO. The Bertz CT molecular complexity index is 390. The maximum atomic E-state index is 6.04. The van der Waals surface area contributed by atoms with Gasteiger partial charge in [0.2, 0.25) is 0 Å². The highest BCUT2D eigenvalue weighted by Crippen LogP contribution is 2.43. The summed E-state index contributed by atoms with van der Waals surface area (Å²) < 4.78 is 7.08. The molecule has 1 unspecified atom stereocenters. The molecule has 2 rings (SSSR count). The molecule has 2 nitrogen and oxygen atoms in total. The minimum absolute atomic E-state index is 0.107. The van der Waals surface area contributed by atoms with Crippen molar-refractivity contribution in [1.29, 1.82) is 0 Å². The molecule has 1 aliphatic heterocycles. The Morgan fingerprint density at radius 2 is 2.25 bits per heavy atom.